The Morgan fingerprint density at radius 1 is 1.18 bits per heavy atom. The fraction of sp³-hybridized carbons (Fsp3) is 0.600. The lowest BCUT2D eigenvalue weighted by Crippen LogP contribution is -2.55. The summed E-state index contributed by atoms with van der Waals surface area (Å²) in [5, 5.41) is 3.64. The minimum atomic E-state index is 0.668. The molecule has 2 rings (SSSR count). The Morgan fingerprint density at radius 2 is 1.94 bits per heavy atom. The van der Waals surface area contributed by atoms with Gasteiger partial charge in [-0.05, 0) is 18.4 Å². The van der Waals surface area contributed by atoms with E-state index in [4.69, 9.17) is 0 Å². The fourth-order valence-corrected chi connectivity index (χ4v) is 2.62. The maximum Gasteiger partial charge on any atom is 0.0237 e. The van der Waals surface area contributed by atoms with Gasteiger partial charge in [-0.2, -0.15) is 0 Å². The van der Waals surface area contributed by atoms with Gasteiger partial charge in [0.25, 0.3) is 0 Å². The lowest BCUT2D eigenvalue weighted by atomic mass is 10.0. The first-order valence-electron chi connectivity index (χ1n) is 6.84. The summed E-state index contributed by atoms with van der Waals surface area (Å²) in [6.45, 7) is 7.98. The maximum atomic E-state index is 3.64. The van der Waals surface area contributed by atoms with Gasteiger partial charge in [0.1, 0.15) is 0 Å². The molecule has 0 spiro atoms. The first-order chi connectivity index (χ1) is 8.33. The van der Waals surface area contributed by atoms with Gasteiger partial charge in [0.2, 0.25) is 0 Å². The van der Waals surface area contributed by atoms with Crippen LogP contribution in [0.3, 0.4) is 0 Å². The molecule has 0 unspecified atom stereocenters. The van der Waals surface area contributed by atoms with Gasteiger partial charge in [-0.1, -0.05) is 44.2 Å². The highest BCUT2D eigenvalue weighted by Gasteiger charge is 2.25. The summed E-state index contributed by atoms with van der Waals surface area (Å²) in [7, 11) is 0. The molecule has 2 atom stereocenters. The maximum absolute atomic E-state index is 3.64. The van der Waals surface area contributed by atoms with Crippen molar-refractivity contribution in [2.24, 2.45) is 0 Å². The average Bonchev–Trinajstić information content (AvgIpc) is 2.40. The second-order valence-corrected chi connectivity index (χ2v) is 4.99. The van der Waals surface area contributed by atoms with Gasteiger partial charge in [-0.25, -0.2) is 0 Å². The number of nitrogens with one attached hydrogen (secondary N) is 1. The summed E-state index contributed by atoms with van der Waals surface area (Å²) in [5.74, 6) is 0. The van der Waals surface area contributed by atoms with Crippen molar-refractivity contribution in [3.05, 3.63) is 35.9 Å². The predicted octanol–water partition coefficient (Wildman–Crippen LogP) is 2.65. The zero-order valence-electron chi connectivity index (χ0n) is 11.0. The first kappa shape index (κ1) is 12.6. The van der Waals surface area contributed by atoms with Crippen molar-refractivity contribution in [3.63, 3.8) is 0 Å². The van der Waals surface area contributed by atoms with Gasteiger partial charge in [0.05, 0.1) is 0 Å². The molecule has 2 nitrogen and oxygen atoms in total. The highest BCUT2D eigenvalue weighted by Crippen LogP contribution is 2.15. The summed E-state index contributed by atoms with van der Waals surface area (Å²) in [6, 6.07) is 12.2. The van der Waals surface area contributed by atoms with Crippen LogP contribution in [-0.2, 0) is 6.54 Å². The minimum Gasteiger partial charge on any atom is -0.311 e. The SMILES string of the molecule is CC[C@@H]1CN(Cc2ccccc2)[C@H](CC)CN1. The Bertz CT molecular complexity index is 323. The first-order valence-corrected chi connectivity index (χ1v) is 6.84. The monoisotopic (exact) mass is 232 g/mol. The largest absolute Gasteiger partial charge is 0.311 e. The van der Waals surface area contributed by atoms with Gasteiger partial charge in [-0.3, -0.25) is 4.90 Å². The van der Waals surface area contributed by atoms with E-state index >= 15 is 0 Å². The van der Waals surface area contributed by atoms with Crippen LogP contribution in [0, 0.1) is 0 Å². The minimum absolute atomic E-state index is 0.668. The standard InChI is InChI=1S/C15H24N2/c1-3-14-12-17(15(4-2)10-16-14)11-13-8-6-5-7-9-13/h5-9,14-16H,3-4,10-12H2,1-2H3/t14-,15-/m1/s1. The highest BCUT2D eigenvalue weighted by molar-refractivity contribution is 5.14. The zero-order valence-corrected chi connectivity index (χ0v) is 11.0. The molecule has 1 saturated heterocycles. The smallest absolute Gasteiger partial charge is 0.0237 e. The molecule has 1 aliphatic heterocycles. The molecule has 2 heteroatoms. The van der Waals surface area contributed by atoms with Crippen LogP contribution in [0.5, 0.6) is 0 Å². The molecule has 1 aromatic rings. The summed E-state index contributed by atoms with van der Waals surface area (Å²) < 4.78 is 0. The second-order valence-electron chi connectivity index (χ2n) is 4.99. The molecule has 94 valence electrons. The van der Waals surface area contributed by atoms with Crippen molar-refractivity contribution < 1.29 is 0 Å². The highest BCUT2D eigenvalue weighted by atomic mass is 15.2. The molecule has 1 N–H and O–H groups in total. The molecule has 17 heavy (non-hydrogen) atoms. The second kappa shape index (κ2) is 6.18. The van der Waals surface area contributed by atoms with Gasteiger partial charge in [0.15, 0.2) is 0 Å². The van der Waals surface area contributed by atoms with Gasteiger partial charge in [0, 0.05) is 31.7 Å². The molecule has 0 radical (unpaired) electrons. The summed E-state index contributed by atoms with van der Waals surface area (Å²) in [4.78, 5) is 2.64. The Labute approximate surface area is 105 Å². The van der Waals surface area contributed by atoms with Crippen LogP contribution in [0.15, 0.2) is 30.3 Å². The number of nitrogens with zero attached hydrogens (tertiary/aromatic N) is 1. The van der Waals surface area contributed by atoms with E-state index in [1.165, 1.54) is 24.9 Å². The van der Waals surface area contributed by atoms with E-state index in [9.17, 15) is 0 Å². The number of benzene rings is 1. The molecular formula is C15H24N2. The van der Waals surface area contributed by atoms with Crippen LogP contribution in [0.4, 0.5) is 0 Å². The summed E-state index contributed by atoms with van der Waals surface area (Å²) in [6.07, 6.45) is 2.46. The molecule has 1 fully saturated rings. The molecule has 1 heterocycles. The third-order valence-corrected chi connectivity index (χ3v) is 3.81. The quantitative estimate of drug-likeness (QED) is 0.858. The molecule has 0 amide bonds. The molecule has 0 saturated carbocycles. The third kappa shape index (κ3) is 3.30. The zero-order chi connectivity index (χ0) is 12.1. The lowest BCUT2D eigenvalue weighted by molar-refractivity contribution is 0.117. The number of rotatable bonds is 4. The fourth-order valence-electron chi connectivity index (χ4n) is 2.62. The Balaban J connectivity index is 2.00. The molecule has 0 bridgehead atoms. The Morgan fingerprint density at radius 3 is 2.59 bits per heavy atom. The molecular weight excluding hydrogens is 208 g/mol. The third-order valence-electron chi connectivity index (χ3n) is 3.81. The van der Waals surface area contributed by atoms with Crippen LogP contribution in [0.1, 0.15) is 32.3 Å². The van der Waals surface area contributed by atoms with Crippen molar-refractivity contribution in [2.75, 3.05) is 13.1 Å². The molecule has 0 aliphatic carbocycles. The average molecular weight is 232 g/mol. The number of hydrogen-bond donors (Lipinski definition) is 1. The number of piperazine rings is 1. The van der Waals surface area contributed by atoms with Gasteiger partial charge in [-0.15, -0.1) is 0 Å². The normalized spacial score (nSPS) is 26.0. The van der Waals surface area contributed by atoms with E-state index in [-0.39, 0.29) is 0 Å². The van der Waals surface area contributed by atoms with Crippen LogP contribution in [0.2, 0.25) is 0 Å². The van der Waals surface area contributed by atoms with Crippen molar-refractivity contribution in [1.29, 1.82) is 0 Å². The lowest BCUT2D eigenvalue weighted by Gasteiger charge is -2.40. The van der Waals surface area contributed by atoms with Crippen LogP contribution in [-0.4, -0.2) is 30.1 Å². The molecule has 0 aromatic heterocycles. The molecule has 1 aromatic carbocycles. The van der Waals surface area contributed by atoms with Crippen molar-refractivity contribution in [3.8, 4) is 0 Å². The van der Waals surface area contributed by atoms with Crippen LogP contribution < -0.4 is 5.32 Å². The van der Waals surface area contributed by atoms with Gasteiger partial charge < -0.3 is 5.32 Å². The van der Waals surface area contributed by atoms with Crippen molar-refractivity contribution in [2.45, 2.75) is 45.3 Å². The van der Waals surface area contributed by atoms with Crippen LogP contribution >= 0.6 is 0 Å². The van der Waals surface area contributed by atoms with E-state index in [0.29, 0.717) is 12.1 Å². The summed E-state index contributed by atoms with van der Waals surface area (Å²) >= 11 is 0. The van der Waals surface area contributed by atoms with E-state index in [0.717, 1.165) is 13.1 Å². The summed E-state index contributed by atoms with van der Waals surface area (Å²) in [5.41, 5.74) is 1.43. The molecule has 1 aliphatic rings. The van der Waals surface area contributed by atoms with E-state index in [1.807, 2.05) is 0 Å². The van der Waals surface area contributed by atoms with E-state index in [2.05, 4.69) is 54.4 Å². The predicted molar refractivity (Wildman–Crippen MR) is 73.0 cm³/mol. The van der Waals surface area contributed by atoms with E-state index < -0.39 is 0 Å². The van der Waals surface area contributed by atoms with Crippen LogP contribution in [0.25, 0.3) is 0 Å². The van der Waals surface area contributed by atoms with E-state index in [1.54, 1.807) is 0 Å². The number of hydrogen-bond acceptors (Lipinski definition) is 2. The Hall–Kier alpha value is -0.860. The van der Waals surface area contributed by atoms with Crippen molar-refractivity contribution in [1.82, 2.24) is 10.2 Å². The topological polar surface area (TPSA) is 15.3 Å². The Kier molecular flexibility index (Phi) is 4.57. The van der Waals surface area contributed by atoms with Gasteiger partial charge >= 0.3 is 0 Å². The van der Waals surface area contributed by atoms with Crippen molar-refractivity contribution >= 4 is 0 Å².